The number of fused-ring (bicyclic) bond motifs is 1. The van der Waals surface area contributed by atoms with E-state index in [-0.39, 0.29) is 6.54 Å². The number of hydrogen-bond acceptors (Lipinski definition) is 4. The Morgan fingerprint density at radius 1 is 1.25 bits per heavy atom. The molecule has 0 aliphatic rings. The van der Waals surface area contributed by atoms with Gasteiger partial charge in [0.15, 0.2) is 5.65 Å². The van der Waals surface area contributed by atoms with Gasteiger partial charge < -0.3 is 5.32 Å². The summed E-state index contributed by atoms with van der Waals surface area (Å²) >= 11 is 0. The zero-order chi connectivity index (χ0) is 14.1. The summed E-state index contributed by atoms with van der Waals surface area (Å²) in [6, 6.07) is 3.48. The fraction of sp³-hybridized carbons (Fsp3) is 0.154. The minimum atomic E-state index is -0.595. The van der Waals surface area contributed by atoms with Crippen LogP contribution in [0.3, 0.4) is 0 Å². The Balaban J connectivity index is 1.87. The van der Waals surface area contributed by atoms with Gasteiger partial charge in [-0.3, -0.25) is 4.68 Å². The number of rotatable bonds is 3. The highest BCUT2D eigenvalue weighted by Gasteiger charge is 2.09. The van der Waals surface area contributed by atoms with Crippen LogP contribution in [0.25, 0.3) is 11.0 Å². The predicted molar refractivity (Wildman–Crippen MR) is 70.0 cm³/mol. The Bertz CT molecular complexity index is 769. The van der Waals surface area contributed by atoms with Gasteiger partial charge in [0.25, 0.3) is 0 Å². The summed E-state index contributed by atoms with van der Waals surface area (Å²) in [7, 11) is 1.78. The van der Waals surface area contributed by atoms with Gasteiger partial charge in [0, 0.05) is 25.2 Å². The minimum absolute atomic E-state index is 0.202. The highest BCUT2D eigenvalue weighted by atomic mass is 19.1. The lowest BCUT2D eigenvalue weighted by Gasteiger charge is -2.07. The van der Waals surface area contributed by atoms with Crippen LogP contribution in [0, 0.1) is 11.6 Å². The molecule has 0 radical (unpaired) electrons. The number of aryl methyl sites for hydroxylation is 1. The summed E-state index contributed by atoms with van der Waals surface area (Å²) in [5.41, 5.74) is 1.05. The van der Waals surface area contributed by atoms with Gasteiger partial charge in [-0.15, -0.1) is 0 Å². The first kappa shape index (κ1) is 12.5. The SMILES string of the molecule is Cn1ncc2c(NCc3ccc(F)cc3F)ncnc21. The summed E-state index contributed by atoms with van der Waals surface area (Å²) in [5, 5.41) is 7.85. The number of nitrogens with zero attached hydrogens (tertiary/aromatic N) is 4. The molecule has 0 fully saturated rings. The van der Waals surface area contributed by atoms with Crippen molar-refractivity contribution in [2.75, 3.05) is 5.32 Å². The van der Waals surface area contributed by atoms with Gasteiger partial charge >= 0.3 is 0 Å². The molecule has 7 heteroatoms. The van der Waals surface area contributed by atoms with Crippen molar-refractivity contribution in [3.63, 3.8) is 0 Å². The molecule has 3 rings (SSSR count). The predicted octanol–water partition coefficient (Wildman–Crippen LogP) is 2.25. The van der Waals surface area contributed by atoms with E-state index in [0.29, 0.717) is 17.0 Å². The number of aromatic nitrogens is 4. The molecule has 3 aromatic rings. The zero-order valence-corrected chi connectivity index (χ0v) is 10.6. The first-order valence-electron chi connectivity index (χ1n) is 5.95. The topological polar surface area (TPSA) is 55.6 Å². The normalized spacial score (nSPS) is 10.9. The molecule has 1 aromatic carbocycles. The van der Waals surface area contributed by atoms with Gasteiger partial charge in [-0.1, -0.05) is 6.07 Å². The van der Waals surface area contributed by atoms with E-state index in [1.807, 2.05) is 0 Å². The molecule has 2 heterocycles. The number of benzene rings is 1. The average molecular weight is 275 g/mol. The van der Waals surface area contributed by atoms with E-state index in [4.69, 9.17) is 0 Å². The van der Waals surface area contributed by atoms with Crippen LogP contribution in [0.1, 0.15) is 5.56 Å². The lowest BCUT2D eigenvalue weighted by atomic mass is 10.2. The Morgan fingerprint density at radius 2 is 2.10 bits per heavy atom. The summed E-state index contributed by atoms with van der Waals surface area (Å²) in [6.07, 6.45) is 3.05. The van der Waals surface area contributed by atoms with Crippen molar-refractivity contribution < 1.29 is 8.78 Å². The second-order valence-corrected chi connectivity index (χ2v) is 4.32. The van der Waals surface area contributed by atoms with Crippen molar-refractivity contribution in [3.8, 4) is 0 Å². The van der Waals surface area contributed by atoms with E-state index in [1.54, 1.807) is 17.9 Å². The standard InChI is InChI=1S/C13H11F2N5/c1-20-13-10(6-19-20)12(17-7-18-13)16-5-8-2-3-9(14)4-11(8)15/h2-4,6-7H,5H2,1H3,(H,16,17,18). The smallest absolute Gasteiger partial charge is 0.163 e. The lowest BCUT2D eigenvalue weighted by molar-refractivity contribution is 0.574. The van der Waals surface area contributed by atoms with Crippen molar-refractivity contribution in [2.45, 2.75) is 6.54 Å². The van der Waals surface area contributed by atoms with Crippen LogP contribution in [0.15, 0.2) is 30.7 Å². The van der Waals surface area contributed by atoms with Crippen LogP contribution in [-0.2, 0) is 13.6 Å². The molecule has 0 unspecified atom stereocenters. The van der Waals surface area contributed by atoms with Crippen LogP contribution >= 0.6 is 0 Å². The quantitative estimate of drug-likeness (QED) is 0.796. The number of hydrogen-bond donors (Lipinski definition) is 1. The third-order valence-electron chi connectivity index (χ3n) is 2.99. The van der Waals surface area contributed by atoms with Gasteiger partial charge in [0.1, 0.15) is 23.8 Å². The molecule has 0 aliphatic carbocycles. The van der Waals surface area contributed by atoms with Gasteiger partial charge in [0.2, 0.25) is 0 Å². The number of anilines is 1. The van der Waals surface area contributed by atoms with E-state index in [9.17, 15) is 8.78 Å². The molecule has 2 aromatic heterocycles. The molecule has 102 valence electrons. The van der Waals surface area contributed by atoms with Crippen LogP contribution in [0.2, 0.25) is 0 Å². The van der Waals surface area contributed by atoms with Crippen molar-refractivity contribution in [1.29, 1.82) is 0 Å². The summed E-state index contributed by atoms with van der Waals surface area (Å²) < 4.78 is 28.0. The highest BCUT2D eigenvalue weighted by molar-refractivity contribution is 5.85. The largest absolute Gasteiger partial charge is 0.365 e. The average Bonchev–Trinajstić information content (AvgIpc) is 2.80. The van der Waals surface area contributed by atoms with Crippen molar-refractivity contribution >= 4 is 16.9 Å². The number of halogens is 2. The fourth-order valence-corrected chi connectivity index (χ4v) is 1.95. The Labute approximate surface area is 113 Å². The van der Waals surface area contributed by atoms with Crippen LogP contribution < -0.4 is 5.32 Å². The Hall–Kier alpha value is -2.57. The van der Waals surface area contributed by atoms with Crippen LogP contribution in [0.5, 0.6) is 0 Å². The Morgan fingerprint density at radius 3 is 2.90 bits per heavy atom. The molecular formula is C13H11F2N5. The maximum absolute atomic E-state index is 13.5. The summed E-state index contributed by atoms with van der Waals surface area (Å²) in [6.45, 7) is 0.202. The van der Waals surface area contributed by atoms with E-state index >= 15 is 0 Å². The maximum Gasteiger partial charge on any atom is 0.163 e. The Kier molecular flexibility index (Phi) is 3.02. The fourth-order valence-electron chi connectivity index (χ4n) is 1.95. The highest BCUT2D eigenvalue weighted by Crippen LogP contribution is 2.19. The van der Waals surface area contributed by atoms with Gasteiger partial charge in [-0.2, -0.15) is 5.10 Å². The minimum Gasteiger partial charge on any atom is -0.365 e. The first-order valence-corrected chi connectivity index (χ1v) is 5.95. The van der Waals surface area contributed by atoms with Crippen molar-refractivity contribution in [1.82, 2.24) is 19.7 Å². The third-order valence-corrected chi connectivity index (χ3v) is 2.99. The summed E-state index contributed by atoms with van der Waals surface area (Å²) in [5.74, 6) is -0.622. The molecule has 0 amide bonds. The molecule has 20 heavy (non-hydrogen) atoms. The maximum atomic E-state index is 13.5. The van der Waals surface area contributed by atoms with E-state index in [2.05, 4.69) is 20.4 Å². The van der Waals surface area contributed by atoms with Gasteiger partial charge in [-0.25, -0.2) is 18.7 Å². The molecule has 0 atom stereocenters. The van der Waals surface area contributed by atoms with E-state index in [1.165, 1.54) is 18.5 Å². The zero-order valence-electron chi connectivity index (χ0n) is 10.6. The summed E-state index contributed by atoms with van der Waals surface area (Å²) in [4.78, 5) is 8.22. The lowest BCUT2D eigenvalue weighted by Crippen LogP contribution is -2.04. The van der Waals surface area contributed by atoms with Crippen LogP contribution in [0.4, 0.5) is 14.6 Å². The molecule has 0 saturated heterocycles. The van der Waals surface area contributed by atoms with Crippen molar-refractivity contribution in [2.24, 2.45) is 7.05 Å². The van der Waals surface area contributed by atoms with Crippen LogP contribution in [-0.4, -0.2) is 19.7 Å². The molecule has 0 bridgehead atoms. The second-order valence-electron chi connectivity index (χ2n) is 4.32. The first-order chi connectivity index (χ1) is 9.65. The third kappa shape index (κ3) is 2.18. The molecule has 0 saturated carbocycles. The molecule has 5 nitrogen and oxygen atoms in total. The van der Waals surface area contributed by atoms with Gasteiger partial charge in [-0.05, 0) is 6.07 Å². The molecule has 0 aliphatic heterocycles. The molecule has 1 N–H and O–H groups in total. The monoisotopic (exact) mass is 275 g/mol. The molecule has 0 spiro atoms. The van der Waals surface area contributed by atoms with Crippen molar-refractivity contribution in [3.05, 3.63) is 47.9 Å². The second kappa shape index (κ2) is 4.84. The van der Waals surface area contributed by atoms with Gasteiger partial charge in [0.05, 0.1) is 11.6 Å². The van der Waals surface area contributed by atoms with E-state index < -0.39 is 11.6 Å². The van der Waals surface area contributed by atoms with E-state index in [0.717, 1.165) is 11.5 Å². The number of nitrogens with one attached hydrogen (secondary N) is 1. The molecular weight excluding hydrogens is 264 g/mol.